The van der Waals surface area contributed by atoms with E-state index in [-0.39, 0.29) is 31.5 Å². The van der Waals surface area contributed by atoms with Crippen LogP contribution in [0, 0.1) is 5.82 Å². The van der Waals surface area contributed by atoms with Crippen LogP contribution in [0.25, 0.3) is 11.1 Å². The SMILES string of the molecule is Cn1c(N)c(-c2ccc(OC[C@H](O/N=C(\C(=O)NC3C(=O)N(OS(=O)(=O)[O-])C3(C)C)c3nc(N)sc3Cl)C(=O)O)cc2F)c[n+]1CCCN. The molecule has 1 aliphatic heterocycles. The van der Waals surface area contributed by atoms with Crippen LogP contribution in [0.4, 0.5) is 15.3 Å². The van der Waals surface area contributed by atoms with E-state index in [1.165, 1.54) is 26.0 Å². The Balaban J connectivity index is 1.51. The van der Waals surface area contributed by atoms with E-state index >= 15 is 4.39 Å². The van der Waals surface area contributed by atoms with Crippen molar-refractivity contribution in [3.8, 4) is 16.9 Å². The minimum atomic E-state index is -5.32. The summed E-state index contributed by atoms with van der Waals surface area (Å²) in [5, 5.41) is 15.8. The maximum absolute atomic E-state index is 15.2. The average Bonchev–Trinajstić information content (AvgIpc) is 3.50. The van der Waals surface area contributed by atoms with E-state index in [0.717, 1.165) is 17.4 Å². The number of carboxylic acid groups (broad SMARTS) is 1. The first-order chi connectivity index (χ1) is 22.8. The first kappa shape index (κ1) is 37.2. The van der Waals surface area contributed by atoms with Gasteiger partial charge in [0.05, 0.1) is 18.2 Å². The highest BCUT2D eigenvalue weighted by atomic mass is 35.5. The highest BCUT2D eigenvalue weighted by Gasteiger charge is 2.57. The van der Waals surface area contributed by atoms with Gasteiger partial charge in [-0.3, -0.25) is 9.59 Å². The number of nitrogens with zero attached hydrogens (tertiary/aromatic N) is 5. The first-order valence-electron chi connectivity index (χ1n) is 14.0. The van der Waals surface area contributed by atoms with Crippen LogP contribution in [-0.4, -0.2) is 87.1 Å². The van der Waals surface area contributed by atoms with Crippen molar-refractivity contribution in [1.29, 1.82) is 0 Å². The van der Waals surface area contributed by atoms with Gasteiger partial charge in [-0.2, -0.15) is 9.35 Å². The van der Waals surface area contributed by atoms with Gasteiger partial charge in [0.25, 0.3) is 17.9 Å². The Labute approximate surface area is 286 Å². The standard InChI is InChI=1S/C26H31ClFN9O10S2/c1-26(2)19(23(39)37(26)47-49(42,43)44)33-22(38)18(17-20(27)48-25(31)32-17)34-46-16(24(40)41)11-45-12-5-6-13(15(28)9-12)14-10-36(8-4-7-29)35(3)21(14)30/h5-6,9-10,16,19,30H,4,7-8,11,29H2,1-3H3,(H5,31,32,33,38,40,41,42,43,44)/b34-18-/t16-,19?/m0/s1. The number of hydroxylamine groups is 2. The number of amides is 2. The number of aliphatic carboxylic acids is 1. The molecule has 266 valence electrons. The molecule has 4 rings (SSSR count). The Bertz CT molecular complexity index is 1920. The zero-order chi connectivity index (χ0) is 36.4. The topological polar surface area (TPSA) is 284 Å². The molecule has 0 bridgehead atoms. The zero-order valence-electron chi connectivity index (χ0n) is 26.0. The molecule has 2 aromatic heterocycles. The van der Waals surface area contributed by atoms with Crippen molar-refractivity contribution in [2.45, 2.75) is 44.5 Å². The number of carbonyl (C=O) groups is 3. The zero-order valence-corrected chi connectivity index (χ0v) is 28.3. The summed E-state index contributed by atoms with van der Waals surface area (Å²) >= 11 is 6.90. The minimum Gasteiger partial charge on any atom is -0.724 e. The summed E-state index contributed by atoms with van der Waals surface area (Å²) in [4.78, 5) is 46.8. The van der Waals surface area contributed by atoms with Gasteiger partial charge in [0, 0.05) is 18.1 Å². The van der Waals surface area contributed by atoms with Gasteiger partial charge in [-0.15, -0.1) is 9.36 Å². The normalized spacial score (nSPS) is 16.6. The second-order valence-electron chi connectivity index (χ2n) is 10.9. The van der Waals surface area contributed by atoms with Crippen molar-refractivity contribution in [1.82, 2.24) is 20.0 Å². The summed E-state index contributed by atoms with van der Waals surface area (Å²) in [5.41, 5.74) is 15.4. The van der Waals surface area contributed by atoms with E-state index in [1.54, 1.807) is 22.6 Å². The van der Waals surface area contributed by atoms with Gasteiger partial charge in [0.15, 0.2) is 23.2 Å². The molecule has 0 saturated carbocycles. The summed E-state index contributed by atoms with van der Waals surface area (Å²) in [6.07, 6.45) is 0.475. The van der Waals surface area contributed by atoms with E-state index < -0.39 is 64.0 Å². The smallest absolute Gasteiger partial charge is 0.351 e. The Morgan fingerprint density at radius 3 is 2.57 bits per heavy atom. The lowest BCUT2D eigenvalue weighted by molar-refractivity contribution is -0.772. The second kappa shape index (κ2) is 14.5. The summed E-state index contributed by atoms with van der Waals surface area (Å²) in [5.74, 6) is -4.35. The molecule has 2 atom stereocenters. The Morgan fingerprint density at radius 1 is 1.33 bits per heavy atom. The lowest BCUT2D eigenvalue weighted by Crippen LogP contribution is -2.76. The summed E-state index contributed by atoms with van der Waals surface area (Å²) < 4.78 is 61.1. The first-order valence-corrected chi connectivity index (χ1v) is 16.5. The third kappa shape index (κ3) is 8.17. The predicted octanol–water partition coefficient (Wildman–Crippen LogP) is -0.508. The van der Waals surface area contributed by atoms with Gasteiger partial charge in [-0.1, -0.05) is 28.1 Å². The Hall–Kier alpha value is -4.61. The number of anilines is 2. The van der Waals surface area contributed by atoms with E-state index in [0.29, 0.717) is 30.9 Å². The molecule has 1 aromatic carbocycles. The summed E-state index contributed by atoms with van der Waals surface area (Å²) in [7, 11) is -3.60. The molecule has 1 fully saturated rings. The fourth-order valence-corrected chi connectivity index (χ4v) is 5.98. The lowest BCUT2D eigenvalue weighted by Gasteiger charge is -2.51. The molecule has 1 aliphatic rings. The van der Waals surface area contributed by atoms with Crippen LogP contribution in [-0.2, 0) is 47.5 Å². The number of carbonyl (C=O) groups excluding carboxylic acids is 2. The number of thiazole rings is 1. The van der Waals surface area contributed by atoms with Crippen LogP contribution in [0.15, 0.2) is 29.6 Å². The van der Waals surface area contributed by atoms with Crippen molar-refractivity contribution in [3.05, 3.63) is 40.2 Å². The van der Waals surface area contributed by atoms with E-state index in [4.69, 9.17) is 38.4 Å². The quantitative estimate of drug-likeness (QED) is 0.0327. The number of aryl methyl sites for hydroxylation is 1. The number of β-lactam (4-membered cyclic amide) rings is 1. The van der Waals surface area contributed by atoms with Gasteiger partial charge in [-0.05, 0) is 32.5 Å². The molecular formula is C26H31ClFN9O10S2. The molecule has 1 saturated heterocycles. The highest BCUT2D eigenvalue weighted by Crippen LogP contribution is 2.34. The molecule has 3 heterocycles. The molecule has 2 amide bonds. The lowest BCUT2D eigenvalue weighted by atomic mass is 9.84. The average molecular weight is 748 g/mol. The van der Waals surface area contributed by atoms with E-state index in [2.05, 4.69) is 19.7 Å². The molecule has 3 aromatic rings. The van der Waals surface area contributed by atoms with Crippen LogP contribution >= 0.6 is 22.9 Å². The number of nitrogens with two attached hydrogens (primary N) is 3. The number of aromatic nitrogens is 3. The van der Waals surface area contributed by atoms with Crippen LogP contribution in [0.3, 0.4) is 0 Å². The molecule has 8 N–H and O–H groups in total. The fourth-order valence-electron chi connectivity index (χ4n) is 4.60. The number of oxime groups is 1. The molecule has 49 heavy (non-hydrogen) atoms. The van der Waals surface area contributed by atoms with Crippen molar-refractivity contribution in [3.63, 3.8) is 0 Å². The summed E-state index contributed by atoms with van der Waals surface area (Å²) in [6.45, 7) is 2.86. The van der Waals surface area contributed by atoms with Gasteiger partial charge < -0.3 is 41.8 Å². The second-order valence-corrected chi connectivity index (χ2v) is 13.5. The van der Waals surface area contributed by atoms with Crippen molar-refractivity contribution in [2.24, 2.45) is 17.9 Å². The van der Waals surface area contributed by atoms with Crippen LogP contribution in [0.2, 0.25) is 4.34 Å². The number of hydrogen-bond acceptors (Lipinski definition) is 15. The van der Waals surface area contributed by atoms with Crippen LogP contribution < -0.4 is 31.9 Å². The van der Waals surface area contributed by atoms with Crippen molar-refractivity contribution in [2.75, 3.05) is 24.6 Å². The van der Waals surface area contributed by atoms with Crippen LogP contribution in [0.5, 0.6) is 5.75 Å². The third-order valence-corrected chi connectivity index (χ3v) is 8.63. The number of rotatable bonds is 15. The number of ether oxygens (including phenoxy) is 1. The third-order valence-electron chi connectivity index (χ3n) is 7.22. The number of nitrogen functional groups attached to an aromatic ring is 2. The van der Waals surface area contributed by atoms with Crippen molar-refractivity contribution < 1.29 is 55.4 Å². The Morgan fingerprint density at radius 2 is 2.02 bits per heavy atom. The minimum absolute atomic E-state index is 0.0727. The number of hydrogen-bond donors (Lipinski definition) is 5. The monoisotopic (exact) mass is 747 g/mol. The molecule has 0 spiro atoms. The van der Waals surface area contributed by atoms with Gasteiger partial charge >= 0.3 is 5.97 Å². The number of nitrogens with one attached hydrogen (secondary N) is 1. The van der Waals surface area contributed by atoms with Crippen molar-refractivity contribution >= 4 is 67.8 Å². The molecule has 23 heteroatoms. The highest BCUT2D eigenvalue weighted by molar-refractivity contribution is 7.80. The van der Waals surface area contributed by atoms with E-state index in [1.807, 2.05) is 0 Å². The largest absolute Gasteiger partial charge is 0.724 e. The molecule has 19 nitrogen and oxygen atoms in total. The number of halogens is 2. The predicted molar refractivity (Wildman–Crippen MR) is 169 cm³/mol. The van der Waals surface area contributed by atoms with Gasteiger partial charge in [-0.25, -0.2) is 22.6 Å². The molecular weight excluding hydrogens is 717 g/mol. The molecule has 0 radical (unpaired) electrons. The maximum Gasteiger partial charge on any atom is 0.351 e. The van der Waals surface area contributed by atoms with Crippen LogP contribution in [0.1, 0.15) is 26.0 Å². The number of benzene rings is 1. The van der Waals surface area contributed by atoms with E-state index in [9.17, 15) is 32.5 Å². The Kier molecular flexibility index (Phi) is 11.0. The fraction of sp³-hybridized carbons (Fsp3) is 0.385. The molecule has 0 aliphatic carbocycles. The maximum atomic E-state index is 15.2. The van der Waals surface area contributed by atoms with Gasteiger partial charge in [0.2, 0.25) is 16.6 Å². The number of carboxylic acids is 1. The summed E-state index contributed by atoms with van der Waals surface area (Å²) in [6, 6.07) is 2.36. The molecule has 1 unspecified atom stereocenters. The van der Waals surface area contributed by atoms with Gasteiger partial charge in [0.1, 0.15) is 34.2 Å².